The van der Waals surface area contributed by atoms with Gasteiger partial charge in [-0.1, -0.05) is 11.3 Å². The molecule has 4 aromatic rings. The predicted molar refractivity (Wildman–Crippen MR) is 151 cm³/mol. The highest BCUT2D eigenvalue weighted by Gasteiger charge is 2.34. The number of pyridine rings is 1. The Morgan fingerprint density at radius 3 is 2.49 bits per heavy atom. The molecule has 10 heteroatoms. The highest BCUT2D eigenvalue weighted by Crippen LogP contribution is 2.48. The van der Waals surface area contributed by atoms with Gasteiger partial charge in [-0.25, -0.2) is 13.9 Å². The van der Waals surface area contributed by atoms with Gasteiger partial charge in [-0.05, 0) is 56.2 Å². The molecule has 2 aliphatic heterocycles. The summed E-state index contributed by atoms with van der Waals surface area (Å²) < 4.78 is 21.0. The van der Waals surface area contributed by atoms with Crippen molar-refractivity contribution in [2.75, 3.05) is 56.2 Å². The standard InChI is InChI=1S/C29H30FN7OS/c1-18-13-22(35-9-11-36(12-10-35)23-16-38-17-23)14-24-28(27(20-3-4-20)33-37(18)24)34(2)29-32-26(25(15-31)39-29)19-5-7-21(30)8-6-19/h5-8,13-14,20,23H,3-4,9-12,16-17H2,1-2H3. The van der Waals surface area contributed by atoms with Gasteiger partial charge in [0, 0.05) is 56.1 Å². The molecule has 0 atom stereocenters. The molecular weight excluding hydrogens is 513 g/mol. The predicted octanol–water partition coefficient (Wildman–Crippen LogP) is 4.94. The smallest absolute Gasteiger partial charge is 0.191 e. The fourth-order valence-corrected chi connectivity index (χ4v) is 6.51. The van der Waals surface area contributed by atoms with E-state index in [-0.39, 0.29) is 5.82 Å². The summed E-state index contributed by atoms with van der Waals surface area (Å²) in [6.07, 6.45) is 2.26. The summed E-state index contributed by atoms with van der Waals surface area (Å²) in [7, 11) is 2.01. The lowest BCUT2D eigenvalue weighted by Crippen LogP contribution is -2.56. The minimum Gasteiger partial charge on any atom is -0.378 e. The Bertz CT molecular complexity index is 1570. The molecule has 2 saturated heterocycles. The van der Waals surface area contributed by atoms with E-state index in [9.17, 15) is 9.65 Å². The molecule has 8 nitrogen and oxygen atoms in total. The zero-order valence-corrected chi connectivity index (χ0v) is 22.9. The molecule has 0 radical (unpaired) electrons. The first-order chi connectivity index (χ1) is 19.0. The van der Waals surface area contributed by atoms with Crippen molar-refractivity contribution in [2.45, 2.75) is 31.7 Å². The van der Waals surface area contributed by atoms with E-state index in [2.05, 4.69) is 44.3 Å². The highest BCUT2D eigenvalue weighted by atomic mass is 32.1. The van der Waals surface area contributed by atoms with Gasteiger partial charge in [0.2, 0.25) is 0 Å². The van der Waals surface area contributed by atoms with Crippen LogP contribution in [0.1, 0.15) is 35.0 Å². The van der Waals surface area contributed by atoms with Crippen LogP contribution in [0.4, 0.5) is 20.9 Å². The number of hydrogen-bond acceptors (Lipinski definition) is 8. The number of nitriles is 1. The van der Waals surface area contributed by atoms with Crippen molar-refractivity contribution in [2.24, 2.45) is 0 Å². The minimum absolute atomic E-state index is 0.310. The number of anilines is 3. The second-order valence-corrected chi connectivity index (χ2v) is 11.7. The largest absolute Gasteiger partial charge is 0.378 e. The first kappa shape index (κ1) is 24.5. The van der Waals surface area contributed by atoms with Gasteiger partial charge in [0.15, 0.2) is 5.13 Å². The van der Waals surface area contributed by atoms with Crippen molar-refractivity contribution in [3.05, 3.63) is 58.5 Å². The molecular formula is C29H30FN7OS. The van der Waals surface area contributed by atoms with E-state index >= 15 is 0 Å². The third-order valence-electron chi connectivity index (χ3n) is 8.13. The number of ether oxygens (including phenoxy) is 1. The Balaban J connectivity index is 1.26. The molecule has 0 spiro atoms. The van der Waals surface area contributed by atoms with Crippen LogP contribution < -0.4 is 9.80 Å². The summed E-state index contributed by atoms with van der Waals surface area (Å²) in [5.41, 5.74) is 6.83. The van der Waals surface area contributed by atoms with Gasteiger partial charge in [0.1, 0.15) is 22.5 Å². The van der Waals surface area contributed by atoms with Gasteiger partial charge in [-0.3, -0.25) is 4.90 Å². The van der Waals surface area contributed by atoms with Crippen LogP contribution >= 0.6 is 11.3 Å². The number of thiazole rings is 1. The third kappa shape index (κ3) is 4.35. The van der Waals surface area contributed by atoms with Gasteiger partial charge in [-0.2, -0.15) is 10.4 Å². The van der Waals surface area contributed by atoms with E-state index in [1.54, 1.807) is 12.1 Å². The average molecular weight is 544 g/mol. The Morgan fingerprint density at radius 1 is 1.10 bits per heavy atom. The lowest BCUT2D eigenvalue weighted by atomic mass is 10.1. The Kier molecular flexibility index (Phi) is 6.03. The summed E-state index contributed by atoms with van der Waals surface area (Å²) in [6.45, 7) is 7.89. The van der Waals surface area contributed by atoms with Crippen LogP contribution in [0.25, 0.3) is 16.8 Å². The molecule has 0 bridgehead atoms. The number of hydrogen-bond donors (Lipinski definition) is 0. The minimum atomic E-state index is -0.310. The monoisotopic (exact) mass is 543 g/mol. The average Bonchev–Trinajstić information content (AvgIpc) is 3.55. The van der Waals surface area contributed by atoms with E-state index in [1.807, 2.05) is 7.05 Å². The maximum absolute atomic E-state index is 13.5. The zero-order valence-electron chi connectivity index (χ0n) is 22.1. The molecule has 7 rings (SSSR count). The lowest BCUT2D eigenvalue weighted by Gasteiger charge is -2.43. The quantitative estimate of drug-likeness (QED) is 0.341. The number of nitrogens with zero attached hydrogens (tertiary/aromatic N) is 7. The van der Waals surface area contributed by atoms with Crippen molar-refractivity contribution < 1.29 is 9.13 Å². The first-order valence-electron chi connectivity index (χ1n) is 13.5. The van der Waals surface area contributed by atoms with Crippen LogP contribution in [0.3, 0.4) is 0 Å². The molecule has 39 heavy (non-hydrogen) atoms. The summed E-state index contributed by atoms with van der Waals surface area (Å²) in [4.78, 5) is 12.5. The Morgan fingerprint density at radius 2 is 1.85 bits per heavy atom. The van der Waals surface area contributed by atoms with E-state index in [1.165, 1.54) is 29.2 Å². The Labute approximate surface area is 230 Å². The zero-order chi connectivity index (χ0) is 26.7. The molecule has 0 amide bonds. The van der Waals surface area contributed by atoms with Crippen molar-refractivity contribution in [3.8, 4) is 17.3 Å². The number of piperazine rings is 1. The van der Waals surface area contributed by atoms with Gasteiger partial charge in [0.25, 0.3) is 0 Å². The molecule has 1 aromatic carbocycles. The summed E-state index contributed by atoms with van der Waals surface area (Å²) >= 11 is 1.36. The molecule has 3 aromatic heterocycles. The van der Waals surface area contributed by atoms with E-state index in [0.29, 0.717) is 22.5 Å². The van der Waals surface area contributed by atoms with Crippen LogP contribution in [0, 0.1) is 24.1 Å². The van der Waals surface area contributed by atoms with Crippen molar-refractivity contribution in [3.63, 3.8) is 0 Å². The van der Waals surface area contributed by atoms with Crippen molar-refractivity contribution in [1.82, 2.24) is 19.5 Å². The van der Waals surface area contributed by atoms with Crippen LogP contribution in [0.15, 0.2) is 36.4 Å². The molecule has 200 valence electrons. The number of aryl methyl sites for hydroxylation is 1. The summed E-state index contributed by atoms with van der Waals surface area (Å²) in [5.74, 6) is 0.125. The number of fused-ring (bicyclic) bond motifs is 1. The number of benzene rings is 1. The maximum Gasteiger partial charge on any atom is 0.191 e. The van der Waals surface area contributed by atoms with Crippen LogP contribution in [-0.2, 0) is 4.74 Å². The topological polar surface area (TPSA) is 72.9 Å². The molecule has 0 unspecified atom stereocenters. The van der Waals surface area contributed by atoms with Crippen LogP contribution in [0.2, 0.25) is 0 Å². The fourth-order valence-electron chi connectivity index (χ4n) is 5.66. The first-order valence-corrected chi connectivity index (χ1v) is 14.3. The maximum atomic E-state index is 13.5. The Hall–Kier alpha value is -3.52. The van der Waals surface area contributed by atoms with Gasteiger partial charge in [0.05, 0.1) is 36.2 Å². The molecule has 1 saturated carbocycles. The second-order valence-electron chi connectivity index (χ2n) is 10.7. The van der Waals surface area contributed by atoms with E-state index in [4.69, 9.17) is 14.8 Å². The SMILES string of the molecule is Cc1cc(N2CCN(C3COC3)CC2)cc2c(N(C)c3nc(-c4ccc(F)cc4)c(C#N)s3)c(C3CC3)nn12. The lowest BCUT2D eigenvalue weighted by molar-refractivity contribution is -0.0660. The van der Waals surface area contributed by atoms with Crippen molar-refractivity contribution in [1.29, 1.82) is 5.26 Å². The second kappa shape index (κ2) is 9.59. The van der Waals surface area contributed by atoms with E-state index < -0.39 is 0 Å². The number of rotatable bonds is 6. The van der Waals surface area contributed by atoms with Gasteiger partial charge in [-0.15, -0.1) is 0 Å². The number of aromatic nitrogens is 3. The normalized spacial score (nSPS) is 18.4. The van der Waals surface area contributed by atoms with Crippen molar-refractivity contribution >= 4 is 33.4 Å². The molecule has 0 N–H and O–H groups in total. The molecule has 5 heterocycles. The number of halogens is 1. The summed E-state index contributed by atoms with van der Waals surface area (Å²) in [5, 5.41) is 15.7. The molecule has 3 aliphatic rings. The molecule has 3 fully saturated rings. The van der Waals surface area contributed by atoms with Crippen LogP contribution in [0.5, 0.6) is 0 Å². The van der Waals surface area contributed by atoms with Gasteiger partial charge < -0.3 is 14.5 Å². The van der Waals surface area contributed by atoms with E-state index in [0.717, 1.165) is 85.5 Å². The van der Waals surface area contributed by atoms with Crippen LogP contribution in [-0.4, -0.2) is 72.0 Å². The summed E-state index contributed by atoms with van der Waals surface area (Å²) in [6, 6.07) is 13.5. The fraction of sp³-hybridized carbons (Fsp3) is 0.414. The third-order valence-corrected chi connectivity index (χ3v) is 9.17. The molecule has 1 aliphatic carbocycles. The van der Waals surface area contributed by atoms with Gasteiger partial charge >= 0.3 is 0 Å². The highest BCUT2D eigenvalue weighted by molar-refractivity contribution is 7.16.